The topological polar surface area (TPSA) is 46.6 Å². The number of rotatable bonds is 4. The van der Waals surface area contributed by atoms with E-state index in [1.54, 1.807) is 14.1 Å². The van der Waals surface area contributed by atoms with Crippen molar-refractivity contribution in [2.24, 2.45) is 0 Å². The second-order valence-electron chi connectivity index (χ2n) is 3.80. The van der Waals surface area contributed by atoms with E-state index in [1.807, 2.05) is 0 Å². The molecule has 4 nitrogen and oxygen atoms in total. The molecule has 0 heterocycles. The van der Waals surface area contributed by atoms with Gasteiger partial charge in [-0.3, -0.25) is 9.59 Å². The molecule has 5 heteroatoms. The minimum absolute atomic E-state index is 0.0432. The molecule has 1 amide bonds. The Morgan fingerprint density at radius 1 is 1.47 bits per heavy atom. The normalized spacial score (nSPS) is 11.8. The van der Waals surface area contributed by atoms with Gasteiger partial charge in [0.2, 0.25) is 0 Å². The van der Waals surface area contributed by atoms with Gasteiger partial charge in [-0.1, -0.05) is 0 Å². The van der Waals surface area contributed by atoms with Gasteiger partial charge in [-0.15, -0.1) is 0 Å². The molecule has 92 valence electrons. The van der Waals surface area contributed by atoms with Crippen LogP contribution in [-0.2, 0) is 4.79 Å². The summed E-state index contributed by atoms with van der Waals surface area (Å²) < 4.78 is 18.6. The molecule has 0 aliphatic rings. The van der Waals surface area contributed by atoms with E-state index >= 15 is 0 Å². The first-order valence-corrected chi connectivity index (χ1v) is 5.08. The summed E-state index contributed by atoms with van der Waals surface area (Å²) in [6.07, 6.45) is -0.233. The van der Waals surface area contributed by atoms with Crippen LogP contribution in [0.3, 0.4) is 0 Å². The van der Waals surface area contributed by atoms with Crippen LogP contribution >= 0.6 is 0 Å². The van der Waals surface area contributed by atoms with E-state index in [4.69, 9.17) is 4.74 Å². The fraction of sp³-hybridized carbons (Fsp3) is 0.333. The summed E-state index contributed by atoms with van der Waals surface area (Å²) in [5.74, 6) is -0.963. The zero-order chi connectivity index (χ0) is 13.0. The van der Waals surface area contributed by atoms with Crippen LogP contribution in [0.15, 0.2) is 18.2 Å². The van der Waals surface area contributed by atoms with Crippen LogP contribution in [0.25, 0.3) is 0 Å². The Labute approximate surface area is 99.0 Å². The van der Waals surface area contributed by atoms with Crippen LogP contribution in [0.1, 0.15) is 17.3 Å². The van der Waals surface area contributed by atoms with Crippen LogP contribution in [-0.4, -0.2) is 37.3 Å². The van der Waals surface area contributed by atoms with E-state index in [0.717, 1.165) is 6.07 Å². The molecular weight excluding hydrogens is 225 g/mol. The Kier molecular flexibility index (Phi) is 4.20. The summed E-state index contributed by atoms with van der Waals surface area (Å²) in [5.41, 5.74) is 0.224. The van der Waals surface area contributed by atoms with Gasteiger partial charge in [0.05, 0.1) is 0 Å². The predicted molar refractivity (Wildman–Crippen MR) is 60.6 cm³/mol. The van der Waals surface area contributed by atoms with Crippen LogP contribution in [0, 0.1) is 5.82 Å². The third-order valence-corrected chi connectivity index (χ3v) is 2.18. The molecule has 0 aromatic heterocycles. The summed E-state index contributed by atoms with van der Waals surface area (Å²) in [6.45, 7) is 1.54. The number of benzene rings is 1. The zero-order valence-electron chi connectivity index (χ0n) is 9.94. The minimum atomic E-state index is -0.776. The van der Waals surface area contributed by atoms with Gasteiger partial charge in [0.1, 0.15) is 6.29 Å². The van der Waals surface area contributed by atoms with Gasteiger partial charge in [-0.05, 0) is 25.1 Å². The first kappa shape index (κ1) is 13.2. The third kappa shape index (κ3) is 3.27. The van der Waals surface area contributed by atoms with Crippen LogP contribution < -0.4 is 4.74 Å². The van der Waals surface area contributed by atoms with Crippen molar-refractivity contribution >= 4 is 12.2 Å². The molecule has 0 bridgehead atoms. The number of hydrogen-bond acceptors (Lipinski definition) is 3. The monoisotopic (exact) mass is 239 g/mol. The lowest BCUT2D eigenvalue weighted by Gasteiger charge is -2.18. The van der Waals surface area contributed by atoms with Crippen molar-refractivity contribution in [3.63, 3.8) is 0 Å². The van der Waals surface area contributed by atoms with Gasteiger partial charge in [0.15, 0.2) is 17.7 Å². The van der Waals surface area contributed by atoms with E-state index in [0.29, 0.717) is 6.29 Å². The van der Waals surface area contributed by atoms with Crippen molar-refractivity contribution in [1.82, 2.24) is 4.90 Å². The highest BCUT2D eigenvalue weighted by atomic mass is 19.1. The molecule has 1 aromatic carbocycles. The lowest BCUT2D eigenvalue weighted by atomic mass is 10.2. The van der Waals surface area contributed by atoms with Gasteiger partial charge in [-0.2, -0.15) is 0 Å². The van der Waals surface area contributed by atoms with Gasteiger partial charge in [0.25, 0.3) is 5.91 Å². The molecule has 0 fully saturated rings. The lowest BCUT2D eigenvalue weighted by molar-refractivity contribution is -0.135. The summed E-state index contributed by atoms with van der Waals surface area (Å²) in [7, 11) is 3.18. The molecule has 0 radical (unpaired) electrons. The van der Waals surface area contributed by atoms with E-state index < -0.39 is 11.9 Å². The van der Waals surface area contributed by atoms with Crippen molar-refractivity contribution in [3.05, 3.63) is 29.6 Å². The molecule has 1 rings (SSSR count). The Hall–Kier alpha value is -1.91. The summed E-state index contributed by atoms with van der Waals surface area (Å²) >= 11 is 0. The smallest absolute Gasteiger partial charge is 0.262 e. The highest BCUT2D eigenvalue weighted by molar-refractivity contribution is 5.80. The standard InChI is InChI=1S/C12H14FNO3/c1-8(12(16)14(2)3)17-11-5-4-9(7-15)6-10(11)13/h4-8H,1-3H3. The number of carbonyl (C=O) groups excluding carboxylic acids is 2. The van der Waals surface area contributed by atoms with E-state index in [9.17, 15) is 14.0 Å². The average Bonchev–Trinajstić information content (AvgIpc) is 2.30. The molecule has 0 aliphatic carbocycles. The molecule has 0 saturated heterocycles. The largest absolute Gasteiger partial charge is 0.478 e. The molecule has 1 unspecified atom stereocenters. The first-order chi connectivity index (χ1) is 7.95. The fourth-order valence-electron chi connectivity index (χ4n) is 1.29. The summed E-state index contributed by atoms with van der Waals surface area (Å²) in [6, 6.07) is 3.83. The highest BCUT2D eigenvalue weighted by Crippen LogP contribution is 2.19. The Morgan fingerprint density at radius 2 is 2.12 bits per heavy atom. The Balaban J connectivity index is 2.82. The first-order valence-electron chi connectivity index (χ1n) is 5.08. The average molecular weight is 239 g/mol. The number of nitrogens with zero attached hydrogens (tertiary/aromatic N) is 1. The molecule has 1 aromatic rings. The maximum Gasteiger partial charge on any atom is 0.262 e. The Morgan fingerprint density at radius 3 is 2.59 bits per heavy atom. The number of hydrogen-bond donors (Lipinski definition) is 0. The summed E-state index contributed by atoms with van der Waals surface area (Å²) in [5, 5.41) is 0. The van der Waals surface area contributed by atoms with Crippen molar-refractivity contribution in [2.45, 2.75) is 13.0 Å². The highest BCUT2D eigenvalue weighted by Gasteiger charge is 2.18. The lowest BCUT2D eigenvalue weighted by Crippen LogP contribution is -2.35. The number of aldehydes is 1. The molecule has 0 N–H and O–H groups in total. The molecule has 17 heavy (non-hydrogen) atoms. The molecule has 0 saturated carbocycles. The number of amides is 1. The van der Waals surface area contributed by atoms with Crippen LogP contribution in [0.5, 0.6) is 5.75 Å². The second kappa shape index (κ2) is 5.43. The molecular formula is C12H14FNO3. The zero-order valence-corrected chi connectivity index (χ0v) is 9.94. The predicted octanol–water partition coefficient (Wildman–Crippen LogP) is 1.49. The van der Waals surface area contributed by atoms with Crippen molar-refractivity contribution in [2.75, 3.05) is 14.1 Å². The maximum absolute atomic E-state index is 13.5. The van der Waals surface area contributed by atoms with Gasteiger partial charge >= 0.3 is 0 Å². The molecule has 0 aliphatic heterocycles. The minimum Gasteiger partial charge on any atom is -0.478 e. The van der Waals surface area contributed by atoms with Crippen LogP contribution in [0.2, 0.25) is 0 Å². The van der Waals surface area contributed by atoms with Crippen molar-refractivity contribution in [3.8, 4) is 5.75 Å². The van der Waals surface area contributed by atoms with E-state index in [-0.39, 0.29) is 17.2 Å². The number of ether oxygens (including phenoxy) is 1. The Bertz CT molecular complexity index is 432. The van der Waals surface area contributed by atoms with E-state index in [2.05, 4.69) is 0 Å². The maximum atomic E-state index is 13.5. The van der Waals surface area contributed by atoms with Crippen LogP contribution in [0.4, 0.5) is 4.39 Å². The van der Waals surface area contributed by atoms with Gasteiger partial charge < -0.3 is 9.64 Å². The van der Waals surface area contributed by atoms with Gasteiger partial charge in [-0.25, -0.2) is 4.39 Å². The fourth-order valence-corrected chi connectivity index (χ4v) is 1.29. The SMILES string of the molecule is CC(Oc1ccc(C=O)cc1F)C(=O)N(C)C. The van der Waals surface area contributed by atoms with E-state index in [1.165, 1.54) is 24.0 Å². The number of carbonyl (C=O) groups is 2. The van der Waals surface area contributed by atoms with Gasteiger partial charge in [0, 0.05) is 19.7 Å². The van der Waals surface area contributed by atoms with Crippen molar-refractivity contribution < 1.29 is 18.7 Å². The molecule has 1 atom stereocenters. The number of halogens is 1. The third-order valence-electron chi connectivity index (χ3n) is 2.18. The number of likely N-dealkylation sites (N-methyl/N-ethyl adjacent to an activating group) is 1. The quantitative estimate of drug-likeness (QED) is 0.748. The summed E-state index contributed by atoms with van der Waals surface area (Å²) in [4.78, 5) is 23.3. The second-order valence-corrected chi connectivity index (χ2v) is 3.80. The van der Waals surface area contributed by atoms with Crippen molar-refractivity contribution in [1.29, 1.82) is 0 Å². The molecule has 0 spiro atoms.